The molecular weight excluding hydrogens is 588 g/mol. The van der Waals surface area contributed by atoms with Gasteiger partial charge in [-0.3, -0.25) is 9.59 Å². The second-order valence-corrected chi connectivity index (χ2v) is 10.8. The lowest BCUT2D eigenvalue weighted by Crippen LogP contribution is -2.23. The number of amides is 2. The molecule has 2 heterocycles. The van der Waals surface area contributed by atoms with Crippen LogP contribution in [0.1, 0.15) is 59.6 Å². The number of nitrogens with two attached hydrogens (primary N) is 1. The first-order valence-electron chi connectivity index (χ1n) is 15.0. The second-order valence-electron chi connectivity index (χ2n) is 10.8. The summed E-state index contributed by atoms with van der Waals surface area (Å²) in [6, 6.07) is 25.1. The van der Waals surface area contributed by atoms with Crippen LogP contribution in [0.15, 0.2) is 87.9 Å². The minimum atomic E-state index is -0.608. The number of benzene rings is 3. The Morgan fingerprint density at radius 3 is 2.11 bits per heavy atom. The van der Waals surface area contributed by atoms with Gasteiger partial charge in [-0.2, -0.15) is 0 Å². The fourth-order valence-corrected chi connectivity index (χ4v) is 4.78. The van der Waals surface area contributed by atoms with E-state index in [0.717, 1.165) is 16.7 Å². The molecule has 2 aromatic heterocycles. The minimum absolute atomic E-state index is 0.0158. The molecule has 0 aliphatic rings. The van der Waals surface area contributed by atoms with Crippen molar-refractivity contribution in [3.05, 3.63) is 107 Å². The fourth-order valence-electron chi connectivity index (χ4n) is 4.78. The normalized spacial score (nSPS) is 11.0. The highest BCUT2D eigenvalue weighted by molar-refractivity contribution is 6.01. The number of aromatic nitrogens is 2. The van der Waals surface area contributed by atoms with Crippen molar-refractivity contribution in [2.75, 3.05) is 13.2 Å². The molecule has 3 N–H and O–H groups in total. The van der Waals surface area contributed by atoms with Gasteiger partial charge in [0.1, 0.15) is 42.6 Å². The van der Waals surface area contributed by atoms with Gasteiger partial charge in [0.2, 0.25) is 5.91 Å². The molecule has 3 aromatic carbocycles. The monoisotopic (exact) mass is 624 g/mol. The van der Waals surface area contributed by atoms with Crippen molar-refractivity contribution in [1.29, 1.82) is 0 Å². The Morgan fingerprint density at radius 1 is 0.848 bits per heavy atom. The number of carbonyl (C=O) groups excluding carboxylic acids is 2. The number of carbonyl (C=O) groups is 2. The van der Waals surface area contributed by atoms with Gasteiger partial charge in [0.25, 0.3) is 5.91 Å². The number of nitrogens with one attached hydrogen (secondary N) is 1. The Bertz CT molecular complexity index is 1760. The smallest absolute Gasteiger partial charge is 0.274 e. The molecule has 5 aromatic rings. The van der Waals surface area contributed by atoms with Crippen molar-refractivity contribution in [3.8, 4) is 34.1 Å². The summed E-state index contributed by atoms with van der Waals surface area (Å²) in [5.41, 5.74) is 9.31. The lowest BCUT2D eigenvalue weighted by atomic mass is 9.95. The summed E-state index contributed by atoms with van der Waals surface area (Å²) in [7, 11) is 0. The molecule has 46 heavy (non-hydrogen) atoms. The van der Waals surface area contributed by atoms with Crippen LogP contribution < -0.4 is 20.5 Å². The van der Waals surface area contributed by atoms with E-state index >= 15 is 0 Å². The third-order valence-corrected chi connectivity index (χ3v) is 7.00. The maximum atomic E-state index is 13.2. The molecule has 0 saturated carbocycles. The maximum absolute atomic E-state index is 13.2. The molecule has 2 amide bonds. The molecule has 5 rings (SSSR count). The molecule has 0 bridgehead atoms. The Balaban J connectivity index is 1.61. The van der Waals surface area contributed by atoms with Gasteiger partial charge in [0.15, 0.2) is 17.2 Å². The van der Waals surface area contributed by atoms with Gasteiger partial charge in [-0.15, -0.1) is 0 Å². The minimum Gasteiger partial charge on any atom is -0.488 e. The van der Waals surface area contributed by atoms with Gasteiger partial charge in [0, 0.05) is 18.7 Å². The second kappa shape index (κ2) is 15.0. The van der Waals surface area contributed by atoms with Crippen LogP contribution in [0, 0.1) is 0 Å². The average molecular weight is 625 g/mol. The average Bonchev–Trinajstić information content (AvgIpc) is 3.71. The topological polar surface area (TPSA) is 152 Å². The number of hydrogen-bond donors (Lipinski definition) is 2. The lowest BCUT2D eigenvalue weighted by Gasteiger charge is -2.19. The summed E-state index contributed by atoms with van der Waals surface area (Å²) in [5, 5.41) is 11.0. The molecule has 11 nitrogen and oxygen atoms in total. The van der Waals surface area contributed by atoms with Gasteiger partial charge in [-0.05, 0) is 35.6 Å². The number of hydrogen-bond acceptors (Lipinski definition) is 9. The standard InChI is InChI=1S/C35H36N4O7/c1-4-37-35(41)33-32(30-15-25(38-45-30)20-42-21-31(36)40)34(46-39-33)27-16-26(22(2)3)28(43-18-23-11-7-5-8-12-23)17-29(27)44-19-24-13-9-6-10-14-24/h5-17,22H,4,18-21H2,1-3H3,(H2,36,40)(H,37,41). The van der Waals surface area contributed by atoms with E-state index < -0.39 is 11.8 Å². The summed E-state index contributed by atoms with van der Waals surface area (Å²) >= 11 is 0. The van der Waals surface area contributed by atoms with Gasteiger partial charge in [-0.25, -0.2) is 0 Å². The van der Waals surface area contributed by atoms with Gasteiger partial charge >= 0.3 is 0 Å². The number of ether oxygens (including phenoxy) is 3. The summed E-state index contributed by atoms with van der Waals surface area (Å²) in [4.78, 5) is 24.3. The quantitative estimate of drug-likeness (QED) is 0.142. The first-order chi connectivity index (χ1) is 22.3. The Kier molecular flexibility index (Phi) is 10.5. The SMILES string of the molecule is CCNC(=O)c1noc(-c2cc(C(C)C)c(OCc3ccccc3)cc2OCc2ccccc2)c1-c1cc(COCC(N)=O)no1. The summed E-state index contributed by atoms with van der Waals surface area (Å²) in [5.74, 6) is 0.588. The van der Waals surface area contributed by atoms with Crippen LogP contribution in [0.3, 0.4) is 0 Å². The third-order valence-electron chi connectivity index (χ3n) is 7.00. The molecule has 0 saturated heterocycles. The molecule has 11 heteroatoms. The lowest BCUT2D eigenvalue weighted by molar-refractivity contribution is -0.122. The van der Waals surface area contributed by atoms with Crippen LogP contribution in [0.25, 0.3) is 22.6 Å². The zero-order valence-electron chi connectivity index (χ0n) is 25.9. The summed E-state index contributed by atoms with van der Waals surface area (Å²) < 4.78 is 29.6. The van der Waals surface area contributed by atoms with Crippen LogP contribution in [0.4, 0.5) is 0 Å². The van der Waals surface area contributed by atoms with Crippen molar-refractivity contribution >= 4 is 11.8 Å². The van der Waals surface area contributed by atoms with E-state index in [1.807, 2.05) is 72.8 Å². The molecule has 0 aliphatic carbocycles. The maximum Gasteiger partial charge on any atom is 0.274 e. The predicted octanol–water partition coefficient (Wildman–Crippen LogP) is 6.03. The molecule has 0 radical (unpaired) electrons. The summed E-state index contributed by atoms with van der Waals surface area (Å²) in [6.45, 7) is 6.64. The Hall–Kier alpha value is -5.42. The highest BCUT2D eigenvalue weighted by atomic mass is 16.5. The van der Waals surface area contributed by atoms with Crippen LogP contribution in [-0.2, 0) is 29.4 Å². The number of rotatable bonds is 15. The number of primary amides is 1. The summed E-state index contributed by atoms with van der Waals surface area (Å²) in [6.07, 6.45) is 0. The Morgan fingerprint density at radius 2 is 1.50 bits per heavy atom. The van der Waals surface area contributed by atoms with E-state index in [2.05, 4.69) is 29.5 Å². The molecule has 0 aliphatic heterocycles. The van der Waals surface area contributed by atoms with E-state index in [0.29, 0.717) is 35.9 Å². The predicted molar refractivity (Wildman–Crippen MR) is 170 cm³/mol. The van der Waals surface area contributed by atoms with E-state index in [9.17, 15) is 9.59 Å². The van der Waals surface area contributed by atoms with Crippen molar-refractivity contribution in [3.63, 3.8) is 0 Å². The van der Waals surface area contributed by atoms with Crippen LogP contribution in [0.2, 0.25) is 0 Å². The van der Waals surface area contributed by atoms with Crippen LogP contribution >= 0.6 is 0 Å². The van der Waals surface area contributed by atoms with Gasteiger partial charge < -0.3 is 34.3 Å². The van der Waals surface area contributed by atoms with E-state index in [4.69, 9.17) is 29.0 Å². The van der Waals surface area contributed by atoms with Crippen LogP contribution in [0.5, 0.6) is 11.5 Å². The molecule has 0 atom stereocenters. The molecule has 0 unspecified atom stereocenters. The van der Waals surface area contributed by atoms with Crippen molar-refractivity contribution in [2.24, 2.45) is 5.73 Å². The Labute approximate surface area is 266 Å². The van der Waals surface area contributed by atoms with Crippen molar-refractivity contribution < 1.29 is 32.8 Å². The fraction of sp³-hybridized carbons (Fsp3) is 0.257. The highest BCUT2D eigenvalue weighted by Gasteiger charge is 2.30. The van der Waals surface area contributed by atoms with Crippen molar-refractivity contribution in [2.45, 2.75) is 46.5 Å². The van der Waals surface area contributed by atoms with Crippen molar-refractivity contribution in [1.82, 2.24) is 15.6 Å². The van der Waals surface area contributed by atoms with E-state index in [-0.39, 0.29) is 48.5 Å². The van der Waals surface area contributed by atoms with E-state index in [1.165, 1.54) is 0 Å². The van der Waals surface area contributed by atoms with E-state index in [1.54, 1.807) is 13.0 Å². The molecular formula is C35H36N4O7. The van der Waals surface area contributed by atoms with Gasteiger partial charge in [-0.1, -0.05) is 84.8 Å². The third kappa shape index (κ3) is 7.80. The molecule has 0 spiro atoms. The first kappa shape index (κ1) is 32.0. The van der Waals surface area contributed by atoms with Crippen LogP contribution in [-0.4, -0.2) is 35.3 Å². The highest BCUT2D eigenvalue weighted by Crippen LogP contribution is 2.44. The zero-order chi connectivity index (χ0) is 32.5. The zero-order valence-corrected chi connectivity index (χ0v) is 25.9. The van der Waals surface area contributed by atoms with Gasteiger partial charge in [0.05, 0.1) is 12.2 Å². The largest absolute Gasteiger partial charge is 0.488 e. The number of nitrogens with zero attached hydrogens (tertiary/aromatic N) is 2. The molecule has 238 valence electrons. The molecule has 0 fully saturated rings. The first-order valence-corrected chi connectivity index (χ1v) is 15.0.